The maximum absolute atomic E-state index is 10.9. The zero-order chi connectivity index (χ0) is 13.7. The number of hydrogen-bond acceptors (Lipinski definition) is 2. The molecule has 0 heterocycles. The standard InChI is InChI=1S/C16H20O3/c1-2-11-19-15-9-7-13(8-10-15)12-3-5-14(6-4-12)16(17)18/h3,7-10,14H,2,4-6,11H2,1H3,(H,17,18). The largest absolute Gasteiger partial charge is 0.494 e. The van der Waals surface area contributed by atoms with E-state index in [9.17, 15) is 4.79 Å². The van der Waals surface area contributed by atoms with E-state index in [0.29, 0.717) is 6.42 Å². The smallest absolute Gasteiger partial charge is 0.306 e. The molecular formula is C16H20O3. The minimum absolute atomic E-state index is 0.212. The lowest BCUT2D eigenvalue weighted by Crippen LogP contribution is -2.15. The summed E-state index contributed by atoms with van der Waals surface area (Å²) >= 11 is 0. The van der Waals surface area contributed by atoms with Gasteiger partial charge in [-0.2, -0.15) is 0 Å². The number of allylic oxidation sites excluding steroid dienone is 2. The summed E-state index contributed by atoms with van der Waals surface area (Å²) in [4.78, 5) is 10.9. The number of aliphatic carboxylic acids is 1. The highest BCUT2D eigenvalue weighted by molar-refractivity contribution is 5.74. The van der Waals surface area contributed by atoms with E-state index < -0.39 is 5.97 Å². The molecule has 102 valence electrons. The number of ether oxygens (including phenoxy) is 1. The molecule has 3 nitrogen and oxygen atoms in total. The third kappa shape index (κ3) is 3.60. The van der Waals surface area contributed by atoms with E-state index >= 15 is 0 Å². The molecule has 0 aliphatic heterocycles. The summed E-state index contributed by atoms with van der Waals surface area (Å²) in [5.41, 5.74) is 2.42. The fourth-order valence-corrected chi connectivity index (χ4v) is 2.31. The van der Waals surface area contributed by atoms with Gasteiger partial charge in [0.05, 0.1) is 12.5 Å². The molecule has 1 atom stereocenters. The first kappa shape index (κ1) is 13.7. The molecule has 1 aliphatic carbocycles. The Morgan fingerprint density at radius 2 is 2.11 bits per heavy atom. The maximum Gasteiger partial charge on any atom is 0.306 e. The summed E-state index contributed by atoms with van der Waals surface area (Å²) in [7, 11) is 0. The Morgan fingerprint density at radius 1 is 1.37 bits per heavy atom. The molecule has 1 N–H and O–H groups in total. The molecule has 1 aliphatic rings. The normalized spacial score (nSPS) is 18.8. The van der Waals surface area contributed by atoms with Gasteiger partial charge in [0.1, 0.15) is 5.75 Å². The lowest BCUT2D eigenvalue weighted by atomic mass is 9.87. The Morgan fingerprint density at radius 3 is 2.63 bits per heavy atom. The third-order valence-electron chi connectivity index (χ3n) is 3.46. The third-order valence-corrected chi connectivity index (χ3v) is 3.46. The fourth-order valence-electron chi connectivity index (χ4n) is 2.31. The second-order valence-corrected chi connectivity index (χ2v) is 4.91. The maximum atomic E-state index is 10.9. The lowest BCUT2D eigenvalue weighted by Gasteiger charge is -2.18. The molecule has 0 saturated carbocycles. The van der Waals surface area contributed by atoms with Crippen molar-refractivity contribution in [2.45, 2.75) is 32.6 Å². The van der Waals surface area contributed by atoms with Crippen molar-refractivity contribution < 1.29 is 14.6 Å². The van der Waals surface area contributed by atoms with Gasteiger partial charge in [-0.15, -0.1) is 0 Å². The summed E-state index contributed by atoms with van der Waals surface area (Å²) in [5.74, 6) is -0.0000498. The highest BCUT2D eigenvalue weighted by atomic mass is 16.5. The average Bonchev–Trinajstić information content (AvgIpc) is 2.46. The Kier molecular flexibility index (Phi) is 4.61. The van der Waals surface area contributed by atoms with Crippen LogP contribution in [0, 0.1) is 5.92 Å². The van der Waals surface area contributed by atoms with Crippen molar-refractivity contribution in [2.75, 3.05) is 6.61 Å². The van der Waals surface area contributed by atoms with Crippen LogP contribution < -0.4 is 4.74 Å². The van der Waals surface area contributed by atoms with E-state index in [2.05, 4.69) is 25.1 Å². The van der Waals surface area contributed by atoms with E-state index in [4.69, 9.17) is 9.84 Å². The van der Waals surface area contributed by atoms with Crippen molar-refractivity contribution in [2.24, 2.45) is 5.92 Å². The van der Waals surface area contributed by atoms with Crippen LogP contribution in [0.15, 0.2) is 30.3 Å². The molecule has 0 amide bonds. The molecule has 2 rings (SSSR count). The van der Waals surface area contributed by atoms with Gasteiger partial charge in [-0.25, -0.2) is 0 Å². The second kappa shape index (κ2) is 6.41. The Bertz CT molecular complexity index is 459. The van der Waals surface area contributed by atoms with Crippen molar-refractivity contribution >= 4 is 11.5 Å². The molecule has 1 unspecified atom stereocenters. The van der Waals surface area contributed by atoms with Crippen LogP contribution in [-0.4, -0.2) is 17.7 Å². The molecule has 0 saturated heterocycles. The van der Waals surface area contributed by atoms with Crippen molar-refractivity contribution in [3.63, 3.8) is 0 Å². The zero-order valence-corrected chi connectivity index (χ0v) is 11.3. The number of carbonyl (C=O) groups is 1. The highest BCUT2D eigenvalue weighted by Gasteiger charge is 2.21. The molecule has 3 heteroatoms. The van der Waals surface area contributed by atoms with Crippen molar-refractivity contribution in [3.8, 4) is 5.75 Å². The number of carboxylic acid groups (broad SMARTS) is 1. The summed E-state index contributed by atoms with van der Waals surface area (Å²) in [6.45, 7) is 2.82. The Balaban J connectivity index is 2.01. The van der Waals surface area contributed by atoms with Gasteiger partial charge in [0.2, 0.25) is 0 Å². The first-order valence-electron chi connectivity index (χ1n) is 6.85. The van der Waals surface area contributed by atoms with Gasteiger partial charge >= 0.3 is 5.97 Å². The average molecular weight is 260 g/mol. The van der Waals surface area contributed by atoms with E-state index in [0.717, 1.165) is 31.6 Å². The summed E-state index contributed by atoms with van der Waals surface area (Å²) in [6.07, 6.45) is 5.27. The van der Waals surface area contributed by atoms with Gasteiger partial charge in [-0.1, -0.05) is 25.1 Å². The van der Waals surface area contributed by atoms with Crippen LogP contribution in [0.4, 0.5) is 0 Å². The molecule has 19 heavy (non-hydrogen) atoms. The zero-order valence-electron chi connectivity index (χ0n) is 11.3. The van der Waals surface area contributed by atoms with Gasteiger partial charge in [0.25, 0.3) is 0 Å². The van der Waals surface area contributed by atoms with E-state index in [1.54, 1.807) is 0 Å². The molecule has 0 bridgehead atoms. The summed E-state index contributed by atoms with van der Waals surface area (Å²) < 4.78 is 5.55. The number of benzene rings is 1. The molecule has 1 aromatic carbocycles. The molecule has 0 radical (unpaired) electrons. The minimum Gasteiger partial charge on any atom is -0.494 e. The van der Waals surface area contributed by atoms with Crippen LogP contribution in [0.25, 0.3) is 5.57 Å². The van der Waals surface area contributed by atoms with Gasteiger partial charge in [0, 0.05) is 0 Å². The molecule has 1 aromatic rings. The first-order chi connectivity index (χ1) is 9.20. The van der Waals surface area contributed by atoms with Crippen LogP contribution in [0.3, 0.4) is 0 Å². The number of hydrogen-bond donors (Lipinski definition) is 1. The van der Waals surface area contributed by atoms with Crippen molar-refractivity contribution in [1.82, 2.24) is 0 Å². The van der Waals surface area contributed by atoms with Gasteiger partial charge in [-0.05, 0) is 49.0 Å². The molecule has 0 aromatic heterocycles. The monoisotopic (exact) mass is 260 g/mol. The molecule has 0 fully saturated rings. The number of carboxylic acids is 1. The van der Waals surface area contributed by atoms with Crippen LogP contribution in [-0.2, 0) is 4.79 Å². The van der Waals surface area contributed by atoms with Crippen molar-refractivity contribution in [1.29, 1.82) is 0 Å². The topological polar surface area (TPSA) is 46.5 Å². The van der Waals surface area contributed by atoms with Gasteiger partial charge < -0.3 is 9.84 Å². The second-order valence-electron chi connectivity index (χ2n) is 4.91. The first-order valence-corrected chi connectivity index (χ1v) is 6.85. The Hall–Kier alpha value is -1.77. The molecular weight excluding hydrogens is 240 g/mol. The van der Waals surface area contributed by atoms with E-state index in [-0.39, 0.29) is 5.92 Å². The van der Waals surface area contributed by atoms with Crippen LogP contribution in [0.2, 0.25) is 0 Å². The van der Waals surface area contributed by atoms with Crippen LogP contribution in [0.5, 0.6) is 5.75 Å². The van der Waals surface area contributed by atoms with E-state index in [1.807, 2.05) is 12.1 Å². The fraction of sp³-hybridized carbons (Fsp3) is 0.438. The van der Waals surface area contributed by atoms with E-state index in [1.165, 1.54) is 11.1 Å². The Labute approximate surface area is 113 Å². The quantitative estimate of drug-likeness (QED) is 0.877. The minimum atomic E-state index is -0.682. The number of rotatable bonds is 5. The highest BCUT2D eigenvalue weighted by Crippen LogP contribution is 2.31. The van der Waals surface area contributed by atoms with Crippen LogP contribution in [0.1, 0.15) is 38.2 Å². The predicted octanol–water partition coefficient (Wildman–Crippen LogP) is 3.74. The predicted molar refractivity (Wildman–Crippen MR) is 75.2 cm³/mol. The molecule has 0 spiro atoms. The SMILES string of the molecule is CCCOc1ccc(C2=CCC(C(=O)O)CC2)cc1. The van der Waals surface area contributed by atoms with Crippen molar-refractivity contribution in [3.05, 3.63) is 35.9 Å². The van der Waals surface area contributed by atoms with Gasteiger partial charge in [0.15, 0.2) is 0 Å². The summed E-state index contributed by atoms with van der Waals surface area (Å²) in [5, 5.41) is 8.97. The van der Waals surface area contributed by atoms with Gasteiger partial charge in [-0.3, -0.25) is 4.79 Å². The summed E-state index contributed by atoms with van der Waals surface area (Å²) in [6, 6.07) is 8.07. The lowest BCUT2D eigenvalue weighted by molar-refractivity contribution is -0.141. The van der Waals surface area contributed by atoms with Crippen LogP contribution >= 0.6 is 0 Å².